The molecule has 3 rings (SSSR count). The molecule has 3 N–H and O–H groups in total. The van der Waals surface area contributed by atoms with Gasteiger partial charge in [0.15, 0.2) is 0 Å². The molecule has 0 unspecified atom stereocenters. The molecule has 0 aliphatic carbocycles. The van der Waals surface area contributed by atoms with E-state index in [2.05, 4.69) is 38.6 Å². The van der Waals surface area contributed by atoms with E-state index in [1.54, 1.807) is 0 Å². The van der Waals surface area contributed by atoms with Crippen LogP contribution in [0, 0.1) is 5.92 Å². The first-order valence-corrected chi connectivity index (χ1v) is 9.48. The quantitative estimate of drug-likeness (QED) is 0.656. The molecule has 7 heteroatoms. The topological polar surface area (TPSA) is 82.5 Å². The Morgan fingerprint density at radius 3 is 2.76 bits per heavy atom. The molecule has 3 heterocycles. The maximum atomic E-state index is 9.02. The fraction of sp³-hybridized carbons (Fsp3) is 0.778. The normalized spacial score (nSPS) is 22.2. The van der Waals surface area contributed by atoms with Crippen LogP contribution in [-0.4, -0.2) is 73.0 Å². The Kier molecular flexibility index (Phi) is 6.84. The smallest absolute Gasteiger partial charge is 0.224 e. The van der Waals surface area contributed by atoms with E-state index in [-0.39, 0.29) is 6.61 Å². The first-order chi connectivity index (χ1) is 12.2. The number of ether oxygens (including phenoxy) is 1. The monoisotopic (exact) mass is 349 g/mol. The van der Waals surface area contributed by atoms with Gasteiger partial charge in [0.25, 0.3) is 0 Å². The van der Waals surface area contributed by atoms with Gasteiger partial charge < -0.3 is 25.4 Å². The van der Waals surface area contributed by atoms with Crippen molar-refractivity contribution in [2.75, 3.05) is 63.7 Å². The lowest BCUT2D eigenvalue weighted by Gasteiger charge is -2.28. The van der Waals surface area contributed by atoms with Crippen molar-refractivity contribution >= 4 is 11.8 Å². The minimum Gasteiger partial charge on any atom is -0.395 e. The third kappa shape index (κ3) is 5.52. The first-order valence-electron chi connectivity index (χ1n) is 9.48. The summed E-state index contributed by atoms with van der Waals surface area (Å²) in [6.45, 7) is 5.40. The Balaban J connectivity index is 1.57. The number of nitrogens with zero attached hydrogens (tertiary/aromatic N) is 3. The van der Waals surface area contributed by atoms with E-state index in [1.165, 1.54) is 32.4 Å². The van der Waals surface area contributed by atoms with Crippen LogP contribution in [0.1, 0.15) is 37.3 Å². The zero-order valence-electron chi connectivity index (χ0n) is 15.2. The summed E-state index contributed by atoms with van der Waals surface area (Å²) in [6.07, 6.45) is 4.76. The van der Waals surface area contributed by atoms with Gasteiger partial charge in [0.1, 0.15) is 5.82 Å². The second-order valence-electron chi connectivity index (χ2n) is 7.17. The summed E-state index contributed by atoms with van der Waals surface area (Å²) in [6, 6.07) is 2.05. The standard InChI is InChI=1S/C18H31N5O2/c1-23-8-3-14(4-9-23)2-6-19-17-12-16(15-5-11-25-13-15)21-18(22-17)20-7-10-24/h12,14-15,24H,2-11,13H2,1H3,(H2,19,20,21,22)/t15-/m1/s1. The average Bonchev–Trinajstić information content (AvgIpc) is 3.16. The molecule has 25 heavy (non-hydrogen) atoms. The molecular weight excluding hydrogens is 318 g/mol. The van der Waals surface area contributed by atoms with Gasteiger partial charge in [0, 0.05) is 31.7 Å². The molecule has 1 aromatic rings. The van der Waals surface area contributed by atoms with Crippen LogP contribution in [-0.2, 0) is 4.74 Å². The molecule has 0 saturated carbocycles. The average molecular weight is 349 g/mol. The lowest BCUT2D eigenvalue weighted by molar-refractivity contribution is 0.193. The number of piperidine rings is 1. The number of aromatic nitrogens is 2. The maximum absolute atomic E-state index is 9.02. The highest BCUT2D eigenvalue weighted by atomic mass is 16.5. The van der Waals surface area contributed by atoms with Crippen molar-refractivity contribution in [2.24, 2.45) is 5.92 Å². The van der Waals surface area contributed by atoms with Gasteiger partial charge in [-0.2, -0.15) is 4.98 Å². The van der Waals surface area contributed by atoms with Crippen LogP contribution >= 0.6 is 0 Å². The molecular formula is C18H31N5O2. The third-order valence-electron chi connectivity index (χ3n) is 5.19. The van der Waals surface area contributed by atoms with E-state index >= 15 is 0 Å². The van der Waals surface area contributed by atoms with E-state index in [9.17, 15) is 0 Å². The molecule has 0 amide bonds. The predicted molar refractivity (Wildman–Crippen MR) is 99.1 cm³/mol. The summed E-state index contributed by atoms with van der Waals surface area (Å²) in [5, 5.41) is 15.6. The van der Waals surface area contributed by atoms with Gasteiger partial charge in [-0.15, -0.1) is 0 Å². The zero-order valence-corrected chi connectivity index (χ0v) is 15.2. The van der Waals surface area contributed by atoms with Crippen LogP contribution < -0.4 is 10.6 Å². The first kappa shape index (κ1) is 18.4. The van der Waals surface area contributed by atoms with Crippen molar-refractivity contribution in [3.05, 3.63) is 11.8 Å². The molecule has 2 aliphatic heterocycles. The lowest BCUT2D eigenvalue weighted by atomic mass is 9.94. The van der Waals surface area contributed by atoms with Gasteiger partial charge in [-0.1, -0.05) is 0 Å². The van der Waals surface area contributed by atoms with Crippen molar-refractivity contribution in [2.45, 2.75) is 31.6 Å². The van der Waals surface area contributed by atoms with Crippen LogP contribution in [0.15, 0.2) is 6.07 Å². The van der Waals surface area contributed by atoms with Crippen LogP contribution in [0.2, 0.25) is 0 Å². The molecule has 0 radical (unpaired) electrons. The summed E-state index contributed by atoms with van der Waals surface area (Å²) < 4.78 is 5.50. The Morgan fingerprint density at radius 2 is 2.04 bits per heavy atom. The van der Waals surface area contributed by atoms with Gasteiger partial charge in [-0.05, 0) is 51.7 Å². The molecule has 7 nitrogen and oxygen atoms in total. The zero-order chi connectivity index (χ0) is 17.5. The Morgan fingerprint density at radius 1 is 1.20 bits per heavy atom. The summed E-state index contributed by atoms with van der Waals surface area (Å²) in [5.74, 6) is 2.60. The molecule has 0 bridgehead atoms. The summed E-state index contributed by atoms with van der Waals surface area (Å²) in [4.78, 5) is 11.6. The van der Waals surface area contributed by atoms with Crippen molar-refractivity contribution in [1.29, 1.82) is 0 Å². The molecule has 0 spiro atoms. The van der Waals surface area contributed by atoms with Crippen LogP contribution in [0.4, 0.5) is 11.8 Å². The predicted octanol–water partition coefficient (Wildman–Crippen LogP) is 1.53. The van der Waals surface area contributed by atoms with Crippen LogP contribution in [0.25, 0.3) is 0 Å². The molecule has 2 aliphatic rings. The molecule has 140 valence electrons. The van der Waals surface area contributed by atoms with E-state index in [4.69, 9.17) is 9.84 Å². The highest BCUT2D eigenvalue weighted by molar-refractivity contribution is 5.43. The van der Waals surface area contributed by atoms with Gasteiger partial charge >= 0.3 is 0 Å². The highest BCUT2D eigenvalue weighted by Crippen LogP contribution is 2.26. The van der Waals surface area contributed by atoms with Crippen molar-refractivity contribution in [3.8, 4) is 0 Å². The number of rotatable bonds is 8. The van der Waals surface area contributed by atoms with E-state index in [0.29, 0.717) is 18.4 Å². The van der Waals surface area contributed by atoms with Gasteiger partial charge in [0.05, 0.1) is 18.9 Å². The second-order valence-corrected chi connectivity index (χ2v) is 7.17. The molecule has 2 fully saturated rings. The third-order valence-corrected chi connectivity index (χ3v) is 5.19. The number of aliphatic hydroxyl groups excluding tert-OH is 1. The van der Waals surface area contributed by atoms with E-state index < -0.39 is 0 Å². The number of likely N-dealkylation sites (tertiary alicyclic amines) is 1. The molecule has 1 atom stereocenters. The number of anilines is 2. The fourth-order valence-corrected chi connectivity index (χ4v) is 3.54. The Bertz CT molecular complexity index is 528. The summed E-state index contributed by atoms with van der Waals surface area (Å²) >= 11 is 0. The minimum atomic E-state index is 0.0685. The minimum absolute atomic E-state index is 0.0685. The SMILES string of the molecule is CN1CCC(CCNc2cc([C@@H]3CCOC3)nc(NCCO)n2)CC1. The van der Waals surface area contributed by atoms with Crippen molar-refractivity contribution in [3.63, 3.8) is 0 Å². The largest absolute Gasteiger partial charge is 0.395 e. The van der Waals surface area contributed by atoms with Gasteiger partial charge in [-0.25, -0.2) is 4.98 Å². The summed E-state index contributed by atoms with van der Waals surface area (Å²) in [7, 11) is 2.20. The van der Waals surface area contributed by atoms with Crippen LogP contribution in [0.3, 0.4) is 0 Å². The maximum Gasteiger partial charge on any atom is 0.224 e. The van der Waals surface area contributed by atoms with Crippen LogP contribution in [0.5, 0.6) is 0 Å². The number of hydrogen-bond donors (Lipinski definition) is 3. The van der Waals surface area contributed by atoms with E-state index in [1.807, 2.05) is 0 Å². The van der Waals surface area contributed by atoms with Gasteiger partial charge in [-0.3, -0.25) is 0 Å². The number of hydrogen-bond acceptors (Lipinski definition) is 7. The fourth-order valence-electron chi connectivity index (χ4n) is 3.54. The molecule has 2 saturated heterocycles. The molecule has 1 aromatic heterocycles. The number of nitrogens with one attached hydrogen (secondary N) is 2. The highest BCUT2D eigenvalue weighted by Gasteiger charge is 2.21. The Hall–Kier alpha value is -1.44. The molecule has 0 aromatic carbocycles. The second kappa shape index (κ2) is 9.31. The Labute approximate surface area is 150 Å². The van der Waals surface area contributed by atoms with Gasteiger partial charge in [0.2, 0.25) is 5.95 Å². The summed E-state index contributed by atoms with van der Waals surface area (Å²) in [5.41, 5.74) is 1.02. The van der Waals surface area contributed by atoms with E-state index in [0.717, 1.165) is 43.6 Å². The number of aliphatic hydroxyl groups is 1. The lowest BCUT2D eigenvalue weighted by Crippen LogP contribution is -2.30. The van der Waals surface area contributed by atoms with Crippen molar-refractivity contribution < 1.29 is 9.84 Å². The van der Waals surface area contributed by atoms with Crippen molar-refractivity contribution in [1.82, 2.24) is 14.9 Å².